The molecule has 10 heteroatoms. The first-order valence-electron chi connectivity index (χ1n) is 9.03. The zero-order valence-corrected chi connectivity index (χ0v) is 19.4. The maximum Gasteiger partial charge on any atom is 0.234 e. The predicted molar refractivity (Wildman–Crippen MR) is 127 cm³/mol. The molecule has 0 radical (unpaired) electrons. The minimum atomic E-state index is -3.41. The third-order valence-electron chi connectivity index (χ3n) is 4.40. The smallest absolute Gasteiger partial charge is 0.234 e. The van der Waals surface area contributed by atoms with Crippen LogP contribution < -0.4 is 5.32 Å². The van der Waals surface area contributed by atoms with Crippen LogP contribution in [0.25, 0.3) is 21.3 Å². The van der Waals surface area contributed by atoms with Gasteiger partial charge in [0, 0.05) is 17.2 Å². The molecule has 2 aromatic carbocycles. The summed E-state index contributed by atoms with van der Waals surface area (Å²) >= 11 is 8.94. The van der Waals surface area contributed by atoms with Crippen LogP contribution in [0.3, 0.4) is 0 Å². The van der Waals surface area contributed by atoms with E-state index in [0.29, 0.717) is 5.03 Å². The van der Waals surface area contributed by atoms with Gasteiger partial charge >= 0.3 is 0 Å². The highest BCUT2D eigenvalue weighted by atomic mass is 35.5. The summed E-state index contributed by atoms with van der Waals surface area (Å²) in [6.07, 6.45) is 2.59. The number of nitrogens with zero attached hydrogens (tertiary/aromatic N) is 2. The second-order valence-electron chi connectivity index (χ2n) is 6.63. The minimum absolute atomic E-state index is 0.0790. The molecular weight excluding hydrogens is 474 g/mol. The summed E-state index contributed by atoms with van der Waals surface area (Å²) in [5.74, 6) is -0.240. The first-order valence-corrected chi connectivity index (χ1v) is 13.2. The Labute approximate surface area is 192 Å². The van der Waals surface area contributed by atoms with Gasteiger partial charge in [0.15, 0.2) is 9.84 Å². The van der Waals surface area contributed by atoms with Crippen LogP contribution in [-0.2, 0) is 14.6 Å². The molecule has 31 heavy (non-hydrogen) atoms. The van der Waals surface area contributed by atoms with E-state index in [-0.39, 0.29) is 27.3 Å². The van der Waals surface area contributed by atoms with Crippen molar-refractivity contribution in [1.82, 2.24) is 9.97 Å². The summed E-state index contributed by atoms with van der Waals surface area (Å²) in [6, 6.07) is 14.1. The Hall–Kier alpha value is -2.46. The molecule has 0 fully saturated rings. The van der Waals surface area contributed by atoms with Crippen LogP contribution in [-0.4, -0.2) is 36.3 Å². The first kappa shape index (κ1) is 21.8. The molecule has 0 atom stereocenters. The van der Waals surface area contributed by atoms with E-state index in [1.807, 2.05) is 35.7 Å². The molecule has 0 bridgehead atoms. The molecule has 6 nitrogen and oxygen atoms in total. The molecule has 1 N–H and O–H groups in total. The van der Waals surface area contributed by atoms with Gasteiger partial charge in [-0.15, -0.1) is 11.3 Å². The van der Waals surface area contributed by atoms with E-state index >= 15 is 0 Å². The monoisotopic (exact) mass is 489 g/mol. The number of hydrogen-bond donors (Lipinski definition) is 1. The Morgan fingerprint density at radius 2 is 1.94 bits per heavy atom. The van der Waals surface area contributed by atoms with E-state index in [9.17, 15) is 13.2 Å². The number of fused-ring (bicyclic) bond motifs is 1. The summed E-state index contributed by atoms with van der Waals surface area (Å²) in [5.41, 5.74) is 2.33. The van der Waals surface area contributed by atoms with Gasteiger partial charge in [0.2, 0.25) is 5.91 Å². The fourth-order valence-corrected chi connectivity index (χ4v) is 5.54. The molecule has 0 aliphatic heterocycles. The normalized spacial score (nSPS) is 11.5. The van der Waals surface area contributed by atoms with Crippen LogP contribution in [0.15, 0.2) is 70.2 Å². The van der Waals surface area contributed by atoms with Crippen molar-refractivity contribution in [3.8, 4) is 11.1 Å². The topological polar surface area (TPSA) is 89.0 Å². The largest absolute Gasteiger partial charge is 0.324 e. The zero-order valence-electron chi connectivity index (χ0n) is 16.2. The summed E-state index contributed by atoms with van der Waals surface area (Å²) in [7, 11) is -3.41. The van der Waals surface area contributed by atoms with E-state index in [0.717, 1.165) is 27.6 Å². The number of halogens is 1. The number of aromatic nitrogens is 2. The SMILES string of the molecule is CS(=O)(=O)c1ccc(Cl)c(NC(=O)CSc2ncnc3scc(-c4ccccc4)c23)c1. The number of rotatable bonds is 6. The van der Waals surface area contributed by atoms with Crippen LogP contribution in [0.5, 0.6) is 0 Å². The van der Waals surface area contributed by atoms with Gasteiger partial charge in [0.05, 0.1) is 26.7 Å². The summed E-state index contributed by atoms with van der Waals surface area (Å²) in [4.78, 5) is 22.2. The van der Waals surface area contributed by atoms with Crippen LogP contribution in [0, 0.1) is 0 Å². The highest BCUT2D eigenvalue weighted by Crippen LogP contribution is 2.37. The van der Waals surface area contributed by atoms with Gasteiger partial charge in [0.25, 0.3) is 0 Å². The highest BCUT2D eigenvalue weighted by molar-refractivity contribution is 8.00. The number of hydrogen-bond acceptors (Lipinski definition) is 7. The average molecular weight is 490 g/mol. The summed E-state index contributed by atoms with van der Waals surface area (Å²) in [5, 5.41) is 6.60. The maximum atomic E-state index is 12.5. The lowest BCUT2D eigenvalue weighted by atomic mass is 10.1. The van der Waals surface area contributed by atoms with Crippen LogP contribution in [0.1, 0.15) is 0 Å². The van der Waals surface area contributed by atoms with Crippen molar-refractivity contribution in [3.05, 3.63) is 65.3 Å². The number of thiophene rings is 1. The quantitative estimate of drug-likeness (QED) is 0.298. The molecule has 4 aromatic rings. The number of amides is 1. The van der Waals surface area contributed by atoms with Crippen LogP contribution >= 0.6 is 34.7 Å². The van der Waals surface area contributed by atoms with Gasteiger partial charge < -0.3 is 5.32 Å². The third kappa shape index (κ3) is 4.90. The molecule has 1 amide bonds. The van der Waals surface area contributed by atoms with Crippen molar-refractivity contribution < 1.29 is 13.2 Å². The second-order valence-corrected chi connectivity index (χ2v) is 10.9. The number of thioether (sulfide) groups is 1. The Morgan fingerprint density at radius 1 is 1.16 bits per heavy atom. The Balaban J connectivity index is 1.55. The molecule has 2 aromatic heterocycles. The van der Waals surface area contributed by atoms with Gasteiger partial charge in [0.1, 0.15) is 16.2 Å². The lowest BCUT2D eigenvalue weighted by molar-refractivity contribution is -0.113. The highest BCUT2D eigenvalue weighted by Gasteiger charge is 2.16. The minimum Gasteiger partial charge on any atom is -0.324 e. The van der Waals surface area contributed by atoms with Gasteiger partial charge in [-0.25, -0.2) is 18.4 Å². The maximum absolute atomic E-state index is 12.5. The van der Waals surface area contributed by atoms with Gasteiger partial charge in [-0.05, 0) is 23.8 Å². The molecule has 4 rings (SSSR count). The molecule has 0 unspecified atom stereocenters. The molecule has 0 saturated carbocycles. The fourth-order valence-electron chi connectivity index (χ4n) is 2.94. The molecular formula is C21H16ClN3O3S3. The Bertz CT molecular complexity index is 1370. The average Bonchev–Trinajstić information content (AvgIpc) is 3.18. The number of nitrogens with one attached hydrogen (secondary N) is 1. The van der Waals surface area contributed by atoms with Gasteiger partial charge in [-0.3, -0.25) is 4.79 Å². The van der Waals surface area contributed by atoms with E-state index in [1.165, 1.54) is 47.6 Å². The summed E-state index contributed by atoms with van der Waals surface area (Å²) in [6.45, 7) is 0. The predicted octanol–water partition coefficient (Wildman–Crippen LogP) is 5.15. The molecule has 158 valence electrons. The Kier molecular flexibility index (Phi) is 6.29. The number of carbonyl (C=O) groups excluding carboxylic acids is 1. The van der Waals surface area contributed by atoms with E-state index in [2.05, 4.69) is 15.3 Å². The first-order chi connectivity index (χ1) is 14.8. The van der Waals surface area contributed by atoms with Crippen molar-refractivity contribution in [1.29, 1.82) is 0 Å². The molecule has 2 heterocycles. The molecule has 0 saturated heterocycles. The molecule has 0 spiro atoms. The van der Waals surface area contributed by atoms with Crippen molar-refractivity contribution >= 4 is 66.3 Å². The van der Waals surface area contributed by atoms with Crippen LogP contribution in [0.4, 0.5) is 5.69 Å². The number of benzene rings is 2. The van der Waals surface area contributed by atoms with E-state index < -0.39 is 9.84 Å². The van der Waals surface area contributed by atoms with E-state index in [1.54, 1.807) is 0 Å². The van der Waals surface area contributed by atoms with Gasteiger partial charge in [-0.2, -0.15) is 0 Å². The lowest BCUT2D eigenvalue weighted by Gasteiger charge is -2.09. The Morgan fingerprint density at radius 3 is 2.68 bits per heavy atom. The van der Waals surface area contributed by atoms with Crippen molar-refractivity contribution in [2.45, 2.75) is 9.92 Å². The van der Waals surface area contributed by atoms with Gasteiger partial charge in [-0.1, -0.05) is 53.7 Å². The van der Waals surface area contributed by atoms with Crippen molar-refractivity contribution in [2.75, 3.05) is 17.3 Å². The molecule has 0 aliphatic carbocycles. The number of anilines is 1. The van der Waals surface area contributed by atoms with Crippen LogP contribution in [0.2, 0.25) is 5.02 Å². The summed E-state index contributed by atoms with van der Waals surface area (Å²) < 4.78 is 23.5. The third-order valence-corrected chi connectivity index (χ3v) is 7.72. The second kappa shape index (κ2) is 8.96. The lowest BCUT2D eigenvalue weighted by Crippen LogP contribution is -2.15. The zero-order chi connectivity index (χ0) is 22.0. The fraction of sp³-hybridized carbons (Fsp3) is 0.0952. The number of sulfone groups is 1. The number of carbonyl (C=O) groups is 1. The standard InChI is InChI=1S/C21H16ClN3O3S3/c1-31(27,28)14-7-8-16(22)17(9-14)25-18(26)11-30-21-19-15(13-5-3-2-4-6-13)10-29-20(19)23-12-24-21/h2-10,12H,11H2,1H3,(H,25,26). The van der Waals surface area contributed by atoms with E-state index in [4.69, 9.17) is 11.6 Å². The van der Waals surface area contributed by atoms with Crippen molar-refractivity contribution in [3.63, 3.8) is 0 Å². The molecule has 0 aliphatic rings. The van der Waals surface area contributed by atoms with Crippen molar-refractivity contribution in [2.24, 2.45) is 0 Å².